The van der Waals surface area contributed by atoms with Crippen molar-refractivity contribution in [2.45, 2.75) is 12.5 Å². The molecule has 4 nitrogen and oxygen atoms in total. The first-order valence-electron chi connectivity index (χ1n) is 7.21. The highest BCUT2D eigenvalue weighted by atomic mass is 79.9. The molecule has 6 heteroatoms. The van der Waals surface area contributed by atoms with Crippen molar-refractivity contribution in [1.29, 1.82) is 0 Å². The Morgan fingerprint density at radius 1 is 1.26 bits per heavy atom. The van der Waals surface area contributed by atoms with Gasteiger partial charge in [-0.2, -0.15) is 0 Å². The number of amides is 1. The maximum absolute atomic E-state index is 13.6. The molecule has 120 valence electrons. The van der Waals surface area contributed by atoms with E-state index in [0.29, 0.717) is 30.2 Å². The fourth-order valence-electron chi connectivity index (χ4n) is 2.31. The minimum Gasteiger partial charge on any atom is -0.486 e. The number of rotatable bonds is 4. The van der Waals surface area contributed by atoms with Crippen molar-refractivity contribution in [2.75, 3.05) is 13.2 Å². The van der Waals surface area contributed by atoms with E-state index < -0.39 is 5.82 Å². The minimum absolute atomic E-state index is 0.0184. The molecule has 1 unspecified atom stereocenters. The zero-order valence-electron chi connectivity index (χ0n) is 12.2. The number of hydrogen-bond donors (Lipinski definition) is 1. The first kappa shape index (κ1) is 15.8. The third-order valence-electron chi connectivity index (χ3n) is 3.45. The zero-order chi connectivity index (χ0) is 16.2. The van der Waals surface area contributed by atoms with Crippen molar-refractivity contribution < 1.29 is 18.7 Å². The lowest BCUT2D eigenvalue weighted by atomic mass is 10.1. The van der Waals surface area contributed by atoms with Gasteiger partial charge in [0, 0.05) is 4.47 Å². The molecule has 0 spiro atoms. The van der Waals surface area contributed by atoms with Gasteiger partial charge in [-0.15, -0.1) is 0 Å². The van der Waals surface area contributed by atoms with Crippen molar-refractivity contribution in [1.82, 2.24) is 5.32 Å². The molecule has 0 saturated carbocycles. The van der Waals surface area contributed by atoms with Crippen molar-refractivity contribution in [3.63, 3.8) is 0 Å². The number of benzene rings is 2. The zero-order valence-corrected chi connectivity index (χ0v) is 13.8. The molecule has 0 aromatic heterocycles. The lowest BCUT2D eigenvalue weighted by molar-refractivity contribution is -0.121. The van der Waals surface area contributed by atoms with E-state index in [0.717, 1.165) is 4.47 Å². The Morgan fingerprint density at radius 2 is 2.04 bits per heavy atom. The molecular weight excluding hydrogens is 365 g/mol. The van der Waals surface area contributed by atoms with E-state index in [2.05, 4.69) is 21.2 Å². The third kappa shape index (κ3) is 4.01. The molecule has 1 aliphatic heterocycles. The van der Waals surface area contributed by atoms with Crippen LogP contribution in [0.3, 0.4) is 0 Å². The van der Waals surface area contributed by atoms with Crippen LogP contribution in [0.5, 0.6) is 11.5 Å². The Balaban J connectivity index is 1.53. The van der Waals surface area contributed by atoms with Crippen molar-refractivity contribution >= 4 is 21.8 Å². The lowest BCUT2D eigenvalue weighted by Crippen LogP contribution is -2.41. The van der Waals surface area contributed by atoms with Crippen LogP contribution in [0, 0.1) is 5.82 Å². The summed E-state index contributed by atoms with van der Waals surface area (Å²) in [7, 11) is 0. The summed E-state index contributed by atoms with van der Waals surface area (Å²) in [5.41, 5.74) is 0.350. The number of fused-ring (bicyclic) bond motifs is 1. The summed E-state index contributed by atoms with van der Waals surface area (Å²) in [5.74, 6) is 0.710. The predicted molar refractivity (Wildman–Crippen MR) is 87.2 cm³/mol. The van der Waals surface area contributed by atoms with Crippen LogP contribution in [0.4, 0.5) is 4.39 Å². The molecule has 23 heavy (non-hydrogen) atoms. The second-order valence-corrected chi connectivity index (χ2v) is 6.13. The summed E-state index contributed by atoms with van der Waals surface area (Å²) >= 11 is 3.27. The van der Waals surface area contributed by atoms with E-state index in [9.17, 15) is 9.18 Å². The van der Waals surface area contributed by atoms with Crippen molar-refractivity contribution in [3.05, 3.63) is 58.3 Å². The summed E-state index contributed by atoms with van der Waals surface area (Å²) in [5, 5.41) is 2.75. The Kier molecular flexibility index (Phi) is 4.81. The van der Waals surface area contributed by atoms with Gasteiger partial charge < -0.3 is 14.8 Å². The van der Waals surface area contributed by atoms with Gasteiger partial charge in [-0.3, -0.25) is 4.79 Å². The molecule has 1 N–H and O–H groups in total. The van der Waals surface area contributed by atoms with Gasteiger partial charge in [0.1, 0.15) is 18.5 Å². The smallest absolute Gasteiger partial charge is 0.224 e. The van der Waals surface area contributed by atoms with Gasteiger partial charge in [0.15, 0.2) is 11.5 Å². The Labute approximate surface area is 141 Å². The van der Waals surface area contributed by atoms with Gasteiger partial charge in [0.25, 0.3) is 0 Å². The summed E-state index contributed by atoms with van der Waals surface area (Å²) in [6, 6.07) is 11.9. The number of para-hydroxylation sites is 2. The summed E-state index contributed by atoms with van der Waals surface area (Å²) in [6.07, 6.45) is -0.281. The number of hydrogen-bond acceptors (Lipinski definition) is 3. The van der Waals surface area contributed by atoms with Gasteiger partial charge in [-0.1, -0.05) is 28.1 Å². The molecular formula is C17H15BrFNO3. The van der Waals surface area contributed by atoms with Crippen LogP contribution in [-0.2, 0) is 11.2 Å². The molecule has 3 rings (SSSR count). The number of carbonyl (C=O) groups is 1. The molecule has 1 amide bonds. The van der Waals surface area contributed by atoms with Crippen LogP contribution >= 0.6 is 15.9 Å². The van der Waals surface area contributed by atoms with Crippen LogP contribution in [0.25, 0.3) is 0 Å². The summed E-state index contributed by atoms with van der Waals surface area (Å²) in [4.78, 5) is 12.0. The van der Waals surface area contributed by atoms with Gasteiger partial charge in [-0.05, 0) is 35.9 Å². The molecule has 0 aliphatic carbocycles. The average Bonchev–Trinajstić information content (AvgIpc) is 2.56. The van der Waals surface area contributed by atoms with E-state index >= 15 is 0 Å². The second-order valence-electron chi connectivity index (χ2n) is 5.21. The number of nitrogens with one attached hydrogen (secondary N) is 1. The van der Waals surface area contributed by atoms with Crippen LogP contribution in [0.1, 0.15) is 5.56 Å². The molecule has 0 fully saturated rings. The van der Waals surface area contributed by atoms with Crippen LogP contribution < -0.4 is 14.8 Å². The van der Waals surface area contributed by atoms with E-state index in [-0.39, 0.29) is 18.4 Å². The second kappa shape index (κ2) is 7.00. The monoisotopic (exact) mass is 379 g/mol. The number of carbonyl (C=O) groups excluding carboxylic acids is 1. The summed E-state index contributed by atoms with van der Waals surface area (Å²) in [6.45, 7) is 0.672. The minimum atomic E-state index is -0.394. The van der Waals surface area contributed by atoms with Crippen LogP contribution in [-0.4, -0.2) is 25.2 Å². The van der Waals surface area contributed by atoms with Crippen molar-refractivity contribution in [3.8, 4) is 11.5 Å². The van der Waals surface area contributed by atoms with Crippen LogP contribution in [0.2, 0.25) is 0 Å². The maximum Gasteiger partial charge on any atom is 0.224 e. The van der Waals surface area contributed by atoms with Gasteiger partial charge in [0.2, 0.25) is 5.91 Å². The molecule has 1 aliphatic rings. The van der Waals surface area contributed by atoms with Gasteiger partial charge >= 0.3 is 0 Å². The Hall–Kier alpha value is -2.08. The first-order chi connectivity index (χ1) is 11.1. The van der Waals surface area contributed by atoms with E-state index in [1.54, 1.807) is 12.1 Å². The molecule has 2 aromatic carbocycles. The molecule has 1 atom stereocenters. The lowest BCUT2D eigenvalue weighted by Gasteiger charge is -2.26. The standard InChI is InChI=1S/C17H15BrFNO3/c18-12-5-6-14(19)11(7-12)8-17(21)20-9-13-10-22-15-3-1-2-4-16(15)23-13/h1-7,13H,8-10H2,(H,20,21). The average molecular weight is 380 g/mol. The van der Waals surface area contributed by atoms with Gasteiger partial charge in [0.05, 0.1) is 13.0 Å². The quantitative estimate of drug-likeness (QED) is 0.887. The van der Waals surface area contributed by atoms with Crippen LogP contribution in [0.15, 0.2) is 46.9 Å². The number of ether oxygens (including phenoxy) is 2. The molecule has 0 saturated heterocycles. The van der Waals surface area contributed by atoms with E-state index in [1.165, 1.54) is 6.07 Å². The fourth-order valence-corrected chi connectivity index (χ4v) is 2.71. The fraction of sp³-hybridized carbons (Fsp3) is 0.235. The highest BCUT2D eigenvalue weighted by molar-refractivity contribution is 9.10. The Morgan fingerprint density at radius 3 is 2.87 bits per heavy atom. The normalized spacial score (nSPS) is 16.0. The maximum atomic E-state index is 13.6. The highest BCUT2D eigenvalue weighted by Gasteiger charge is 2.21. The van der Waals surface area contributed by atoms with Gasteiger partial charge in [-0.25, -0.2) is 4.39 Å². The predicted octanol–water partition coefficient (Wildman–Crippen LogP) is 3.09. The highest BCUT2D eigenvalue weighted by Crippen LogP contribution is 2.30. The molecule has 0 radical (unpaired) electrons. The summed E-state index contributed by atoms with van der Waals surface area (Å²) < 4.78 is 25.7. The molecule has 1 heterocycles. The Bertz CT molecular complexity index is 723. The molecule has 0 bridgehead atoms. The third-order valence-corrected chi connectivity index (χ3v) is 3.95. The topological polar surface area (TPSA) is 47.6 Å². The van der Waals surface area contributed by atoms with E-state index in [1.807, 2.05) is 24.3 Å². The van der Waals surface area contributed by atoms with Crippen molar-refractivity contribution in [2.24, 2.45) is 0 Å². The number of halogens is 2. The molecule has 2 aromatic rings. The van der Waals surface area contributed by atoms with E-state index in [4.69, 9.17) is 9.47 Å². The first-order valence-corrected chi connectivity index (χ1v) is 8.00. The SMILES string of the molecule is O=C(Cc1cc(Br)ccc1F)NCC1COc2ccccc2O1. The largest absolute Gasteiger partial charge is 0.486 e.